The van der Waals surface area contributed by atoms with Crippen LogP contribution in [0.2, 0.25) is 0 Å². The Labute approximate surface area is 136 Å². The van der Waals surface area contributed by atoms with Crippen molar-refractivity contribution in [3.8, 4) is 0 Å². The normalized spacial score (nSPS) is 17.0. The summed E-state index contributed by atoms with van der Waals surface area (Å²) in [6.45, 7) is 0.702. The molecule has 1 atom stereocenters. The van der Waals surface area contributed by atoms with Gasteiger partial charge in [-0.2, -0.15) is 0 Å². The summed E-state index contributed by atoms with van der Waals surface area (Å²) in [5.74, 6) is -1.11. The molecule has 2 N–H and O–H groups in total. The summed E-state index contributed by atoms with van der Waals surface area (Å²) in [4.78, 5) is 38.9. The lowest BCUT2D eigenvalue weighted by atomic mass is 10.2. The quantitative estimate of drug-likeness (QED) is 0.876. The van der Waals surface area contributed by atoms with E-state index in [4.69, 9.17) is 4.74 Å². The van der Waals surface area contributed by atoms with Crippen LogP contribution in [0.4, 0.5) is 10.1 Å². The Morgan fingerprint density at radius 3 is 2.75 bits per heavy atom. The molecule has 1 aromatic heterocycles. The van der Waals surface area contributed by atoms with Gasteiger partial charge in [-0.25, -0.2) is 9.18 Å². The van der Waals surface area contributed by atoms with Crippen molar-refractivity contribution in [3.05, 3.63) is 62.7 Å². The van der Waals surface area contributed by atoms with E-state index >= 15 is 0 Å². The van der Waals surface area contributed by atoms with Crippen LogP contribution >= 0.6 is 0 Å². The molecule has 0 saturated carbocycles. The minimum absolute atomic E-state index is 0.103. The molecule has 1 saturated heterocycles. The first kappa shape index (κ1) is 16.1. The first-order chi connectivity index (χ1) is 11.5. The number of halogens is 1. The smallest absolute Gasteiger partial charge is 0.328 e. The maximum atomic E-state index is 12.9. The molecule has 7 nitrogen and oxygen atoms in total. The van der Waals surface area contributed by atoms with Crippen LogP contribution in [0.1, 0.15) is 23.2 Å². The van der Waals surface area contributed by atoms with E-state index in [1.165, 1.54) is 24.3 Å². The highest BCUT2D eigenvalue weighted by Crippen LogP contribution is 2.13. The molecule has 3 rings (SSSR count). The molecule has 0 bridgehead atoms. The number of nitrogens with one attached hydrogen (secondary N) is 2. The second-order valence-corrected chi connectivity index (χ2v) is 5.52. The van der Waals surface area contributed by atoms with Gasteiger partial charge in [0, 0.05) is 18.5 Å². The molecule has 2 aromatic rings. The Hall–Kier alpha value is -2.74. The molecule has 1 unspecified atom stereocenters. The molecule has 24 heavy (non-hydrogen) atoms. The molecule has 0 spiro atoms. The Kier molecular flexibility index (Phi) is 4.57. The average molecular weight is 333 g/mol. The maximum Gasteiger partial charge on any atom is 0.328 e. The molecule has 0 aliphatic carbocycles. The molecule has 1 aliphatic rings. The van der Waals surface area contributed by atoms with E-state index in [9.17, 15) is 18.8 Å². The molecule has 1 fully saturated rings. The van der Waals surface area contributed by atoms with Crippen LogP contribution in [0, 0.1) is 5.82 Å². The number of carbonyl (C=O) groups is 1. The number of hydrogen-bond acceptors (Lipinski definition) is 4. The summed E-state index contributed by atoms with van der Waals surface area (Å²) in [6, 6.07) is 5.14. The van der Waals surface area contributed by atoms with Crippen molar-refractivity contribution in [2.45, 2.75) is 25.5 Å². The second kappa shape index (κ2) is 6.79. The van der Waals surface area contributed by atoms with Crippen LogP contribution in [0.3, 0.4) is 0 Å². The number of anilines is 1. The zero-order valence-corrected chi connectivity index (χ0v) is 12.8. The summed E-state index contributed by atoms with van der Waals surface area (Å²) < 4.78 is 19.3. The summed E-state index contributed by atoms with van der Waals surface area (Å²) in [5.41, 5.74) is -1.13. The van der Waals surface area contributed by atoms with Gasteiger partial charge in [0.05, 0.1) is 12.6 Å². The first-order valence-corrected chi connectivity index (χ1v) is 7.55. The van der Waals surface area contributed by atoms with Crippen LogP contribution in [0.5, 0.6) is 0 Å². The van der Waals surface area contributed by atoms with Crippen molar-refractivity contribution in [3.63, 3.8) is 0 Å². The molecule has 126 valence electrons. The predicted molar refractivity (Wildman–Crippen MR) is 84.6 cm³/mol. The molecular weight excluding hydrogens is 317 g/mol. The Morgan fingerprint density at radius 1 is 1.33 bits per heavy atom. The van der Waals surface area contributed by atoms with E-state index in [1.54, 1.807) is 0 Å². The van der Waals surface area contributed by atoms with Crippen molar-refractivity contribution in [1.82, 2.24) is 9.55 Å². The molecule has 1 aromatic carbocycles. The van der Waals surface area contributed by atoms with Gasteiger partial charge in [-0.15, -0.1) is 0 Å². The van der Waals surface area contributed by atoms with Crippen LogP contribution in [0.25, 0.3) is 0 Å². The number of aromatic amines is 1. The number of rotatable bonds is 4. The summed E-state index contributed by atoms with van der Waals surface area (Å²) in [5, 5.41) is 2.49. The van der Waals surface area contributed by atoms with E-state index in [1.807, 2.05) is 0 Å². The van der Waals surface area contributed by atoms with Gasteiger partial charge in [0.1, 0.15) is 11.4 Å². The minimum atomic E-state index is -0.686. The van der Waals surface area contributed by atoms with Crippen molar-refractivity contribution >= 4 is 11.6 Å². The number of carbonyl (C=O) groups excluding carboxylic acids is 1. The van der Waals surface area contributed by atoms with Gasteiger partial charge < -0.3 is 15.0 Å². The Morgan fingerprint density at radius 2 is 2.08 bits per heavy atom. The molecule has 1 aliphatic heterocycles. The SMILES string of the molecule is O=C(Nc1ccc(F)cc1)c1c[nH]c(=O)n(CC2CCCO2)c1=O. The second-order valence-electron chi connectivity index (χ2n) is 5.52. The highest BCUT2D eigenvalue weighted by atomic mass is 19.1. The fourth-order valence-corrected chi connectivity index (χ4v) is 2.56. The molecule has 1 amide bonds. The fourth-order valence-electron chi connectivity index (χ4n) is 2.56. The van der Waals surface area contributed by atoms with Gasteiger partial charge in [-0.1, -0.05) is 0 Å². The molecule has 8 heteroatoms. The van der Waals surface area contributed by atoms with Gasteiger partial charge in [-0.3, -0.25) is 14.2 Å². The summed E-state index contributed by atoms with van der Waals surface area (Å²) in [7, 11) is 0. The van der Waals surface area contributed by atoms with Gasteiger partial charge in [0.2, 0.25) is 0 Å². The van der Waals surface area contributed by atoms with E-state index in [-0.39, 0.29) is 18.2 Å². The first-order valence-electron chi connectivity index (χ1n) is 7.55. The lowest BCUT2D eigenvalue weighted by molar-refractivity contribution is 0.0941. The zero-order valence-electron chi connectivity index (χ0n) is 12.8. The Bertz CT molecular complexity index is 851. The third-order valence-electron chi connectivity index (χ3n) is 3.82. The van der Waals surface area contributed by atoms with Crippen LogP contribution in [0.15, 0.2) is 40.1 Å². The molecule has 0 radical (unpaired) electrons. The predicted octanol–water partition coefficient (Wildman–Crippen LogP) is 1.11. The summed E-state index contributed by atoms with van der Waals surface area (Å²) >= 11 is 0. The lowest BCUT2D eigenvalue weighted by Crippen LogP contribution is -2.41. The largest absolute Gasteiger partial charge is 0.376 e. The average Bonchev–Trinajstić information content (AvgIpc) is 3.06. The van der Waals surface area contributed by atoms with E-state index in [0.29, 0.717) is 12.3 Å². The number of ether oxygens (including phenoxy) is 1. The van der Waals surface area contributed by atoms with Crippen LogP contribution in [-0.4, -0.2) is 28.2 Å². The van der Waals surface area contributed by atoms with Crippen LogP contribution in [-0.2, 0) is 11.3 Å². The number of amides is 1. The van der Waals surface area contributed by atoms with Crippen molar-refractivity contribution < 1.29 is 13.9 Å². The standard InChI is InChI=1S/C16H16FN3O4/c17-10-3-5-11(6-4-10)19-14(21)13-8-18-16(23)20(15(13)22)9-12-2-1-7-24-12/h3-6,8,12H,1-2,7,9H2,(H,18,23)(H,19,21). The number of H-pyrrole nitrogens is 1. The van der Waals surface area contributed by atoms with Crippen molar-refractivity contribution in [1.29, 1.82) is 0 Å². The summed E-state index contributed by atoms with van der Waals surface area (Å²) in [6.07, 6.45) is 2.51. The van der Waals surface area contributed by atoms with Crippen molar-refractivity contribution in [2.75, 3.05) is 11.9 Å². The van der Waals surface area contributed by atoms with E-state index < -0.39 is 23.0 Å². The van der Waals surface area contributed by atoms with Gasteiger partial charge in [0.15, 0.2) is 0 Å². The van der Waals surface area contributed by atoms with Crippen molar-refractivity contribution in [2.24, 2.45) is 0 Å². The number of aromatic nitrogens is 2. The van der Waals surface area contributed by atoms with Gasteiger partial charge in [-0.05, 0) is 37.1 Å². The third-order valence-corrected chi connectivity index (χ3v) is 3.82. The number of benzene rings is 1. The molecular formula is C16H16FN3O4. The number of nitrogens with zero attached hydrogens (tertiary/aromatic N) is 1. The molecule has 2 heterocycles. The van der Waals surface area contributed by atoms with E-state index in [0.717, 1.165) is 23.6 Å². The fraction of sp³-hybridized carbons (Fsp3) is 0.312. The number of hydrogen-bond donors (Lipinski definition) is 2. The highest BCUT2D eigenvalue weighted by Gasteiger charge is 2.20. The maximum absolute atomic E-state index is 12.9. The lowest BCUT2D eigenvalue weighted by Gasteiger charge is -2.12. The topological polar surface area (TPSA) is 93.2 Å². The van der Waals surface area contributed by atoms with Gasteiger partial charge >= 0.3 is 5.69 Å². The van der Waals surface area contributed by atoms with E-state index in [2.05, 4.69) is 10.3 Å². The monoisotopic (exact) mass is 333 g/mol. The zero-order chi connectivity index (χ0) is 17.1. The Balaban J connectivity index is 1.84. The van der Waals surface area contributed by atoms with Gasteiger partial charge in [0.25, 0.3) is 11.5 Å². The minimum Gasteiger partial charge on any atom is -0.376 e. The third kappa shape index (κ3) is 3.43. The van der Waals surface area contributed by atoms with Crippen LogP contribution < -0.4 is 16.6 Å². The highest BCUT2D eigenvalue weighted by molar-refractivity contribution is 6.03.